The van der Waals surface area contributed by atoms with E-state index in [4.69, 9.17) is 18.2 Å². The van der Waals surface area contributed by atoms with Crippen LogP contribution in [-0.4, -0.2) is 0 Å². The Morgan fingerprint density at radius 3 is 2.77 bits per heavy atom. The van der Waals surface area contributed by atoms with Gasteiger partial charge < -0.3 is 0 Å². The molecule has 2 heteroatoms. The van der Waals surface area contributed by atoms with E-state index >= 15 is 0 Å². The molecule has 0 amide bonds. The first-order valence-corrected chi connectivity index (χ1v) is 4.73. The first-order valence-electron chi connectivity index (χ1n) is 4.36. The van der Waals surface area contributed by atoms with Crippen LogP contribution in [0.2, 0.25) is 5.02 Å². The van der Waals surface area contributed by atoms with Gasteiger partial charge in [0.15, 0.2) is 5.69 Å². The number of rotatable bonds is 2. The highest BCUT2D eigenvalue weighted by molar-refractivity contribution is 6.30. The van der Waals surface area contributed by atoms with Gasteiger partial charge in [-0.1, -0.05) is 50.1 Å². The molecule has 0 bridgehead atoms. The molecule has 1 unspecified atom stereocenters. The standard InChI is InChI=1S/C11H12ClN/c1-4-8(2)10-7-9(12)5-6-11(10)13-3/h5-8H,4H2,1-2H3. The maximum atomic E-state index is 7.01. The van der Waals surface area contributed by atoms with Crippen molar-refractivity contribution in [1.82, 2.24) is 0 Å². The fourth-order valence-corrected chi connectivity index (χ4v) is 1.42. The lowest BCUT2D eigenvalue weighted by Crippen LogP contribution is -1.90. The lowest BCUT2D eigenvalue weighted by molar-refractivity contribution is 0.736. The van der Waals surface area contributed by atoms with Gasteiger partial charge in [-0.2, -0.15) is 0 Å². The van der Waals surface area contributed by atoms with E-state index in [2.05, 4.69) is 18.7 Å². The number of hydrogen-bond acceptors (Lipinski definition) is 0. The molecule has 1 rings (SSSR count). The second-order valence-electron chi connectivity index (χ2n) is 3.12. The normalized spacial score (nSPS) is 12.2. The molecular formula is C11H12ClN. The Hall–Kier alpha value is -1.00. The van der Waals surface area contributed by atoms with E-state index in [9.17, 15) is 0 Å². The van der Waals surface area contributed by atoms with E-state index in [1.54, 1.807) is 12.1 Å². The largest absolute Gasteiger partial charge is 0.238 e. The minimum atomic E-state index is 0.405. The molecule has 0 aromatic heterocycles. The molecule has 68 valence electrons. The number of hydrogen-bond donors (Lipinski definition) is 0. The molecule has 13 heavy (non-hydrogen) atoms. The van der Waals surface area contributed by atoms with Crippen molar-refractivity contribution in [3.63, 3.8) is 0 Å². The van der Waals surface area contributed by atoms with Gasteiger partial charge >= 0.3 is 0 Å². The van der Waals surface area contributed by atoms with Gasteiger partial charge in [-0.05, 0) is 11.5 Å². The topological polar surface area (TPSA) is 4.36 Å². The van der Waals surface area contributed by atoms with E-state index in [1.165, 1.54) is 0 Å². The van der Waals surface area contributed by atoms with Crippen molar-refractivity contribution in [3.05, 3.63) is 40.2 Å². The van der Waals surface area contributed by atoms with Crippen LogP contribution in [0, 0.1) is 6.57 Å². The highest BCUT2D eigenvalue weighted by Crippen LogP contribution is 2.31. The van der Waals surface area contributed by atoms with Gasteiger partial charge in [0, 0.05) is 5.02 Å². The molecule has 1 nitrogen and oxygen atoms in total. The average Bonchev–Trinajstić information content (AvgIpc) is 2.16. The van der Waals surface area contributed by atoms with Crippen LogP contribution in [0.25, 0.3) is 4.85 Å². The van der Waals surface area contributed by atoms with Crippen LogP contribution in [0.3, 0.4) is 0 Å². The summed E-state index contributed by atoms with van der Waals surface area (Å²) in [6, 6.07) is 5.45. The van der Waals surface area contributed by atoms with Gasteiger partial charge in [0.1, 0.15) is 0 Å². The second kappa shape index (κ2) is 4.30. The summed E-state index contributed by atoms with van der Waals surface area (Å²) in [6.07, 6.45) is 1.03. The maximum absolute atomic E-state index is 7.01. The number of halogens is 1. The highest BCUT2D eigenvalue weighted by atomic mass is 35.5. The molecular weight excluding hydrogens is 182 g/mol. The smallest absolute Gasteiger partial charge is 0.190 e. The van der Waals surface area contributed by atoms with Crippen LogP contribution < -0.4 is 0 Å². The maximum Gasteiger partial charge on any atom is 0.190 e. The summed E-state index contributed by atoms with van der Waals surface area (Å²) in [5.41, 5.74) is 1.78. The Kier molecular flexibility index (Phi) is 3.33. The minimum Gasteiger partial charge on any atom is -0.238 e. The molecule has 0 heterocycles. The van der Waals surface area contributed by atoms with Crippen molar-refractivity contribution < 1.29 is 0 Å². The Morgan fingerprint density at radius 2 is 2.23 bits per heavy atom. The van der Waals surface area contributed by atoms with Gasteiger partial charge in [-0.15, -0.1) is 0 Å². The summed E-state index contributed by atoms with van der Waals surface area (Å²) in [6.45, 7) is 11.2. The van der Waals surface area contributed by atoms with Crippen LogP contribution in [-0.2, 0) is 0 Å². The van der Waals surface area contributed by atoms with Crippen LogP contribution in [0.1, 0.15) is 31.7 Å². The summed E-state index contributed by atoms with van der Waals surface area (Å²) in [5, 5.41) is 0.711. The summed E-state index contributed by atoms with van der Waals surface area (Å²) in [4.78, 5) is 3.47. The highest BCUT2D eigenvalue weighted by Gasteiger charge is 2.08. The van der Waals surface area contributed by atoms with Crippen LogP contribution in [0.15, 0.2) is 18.2 Å². The lowest BCUT2D eigenvalue weighted by atomic mass is 9.97. The molecule has 0 fully saturated rings. The molecule has 0 saturated heterocycles. The van der Waals surface area contributed by atoms with Crippen molar-refractivity contribution in [2.45, 2.75) is 26.2 Å². The van der Waals surface area contributed by atoms with Gasteiger partial charge in [-0.3, -0.25) is 0 Å². The number of benzene rings is 1. The molecule has 0 saturated carbocycles. The third-order valence-corrected chi connectivity index (χ3v) is 2.49. The third kappa shape index (κ3) is 2.23. The van der Waals surface area contributed by atoms with E-state index in [0.29, 0.717) is 10.9 Å². The monoisotopic (exact) mass is 193 g/mol. The minimum absolute atomic E-state index is 0.405. The van der Waals surface area contributed by atoms with Gasteiger partial charge in [0.2, 0.25) is 0 Å². The van der Waals surface area contributed by atoms with E-state index in [-0.39, 0.29) is 0 Å². The van der Waals surface area contributed by atoms with Crippen LogP contribution in [0.4, 0.5) is 5.69 Å². The Balaban J connectivity index is 3.17. The second-order valence-corrected chi connectivity index (χ2v) is 3.56. The SMILES string of the molecule is [C-]#[N+]c1ccc(Cl)cc1C(C)CC. The predicted molar refractivity (Wildman–Crippen MR) is 56.4 cm³/mol. The molecule has 0 spiro atoms. The zero-order valence-electron chi connectivity index (χ0n) is 7.84. The first kappa shape index (κ1) is 10.1. The Bertz CT molecular complexity index is 338. The molecule has 0 N–H and O–H groups in total. The zero-order chi connectivity index (χ0) is 9.84. The fraction of sp³-hybridized carbons (Fsp3) is 0.364. The molecule has 1 aromatic rings. The summed E-state index contributed by atoms with van der Waals surface area (Å²) >= 11 is 5.87. The summed E-state index contributed by atoms with van der Waals surface area (Å²) < 4.78 is 0. The van der Waals surface area contributed by atoms with Crippen molar-refractivity contribution in [2.24, 2.45) is 0 Å². The first-order chi connectivity index (χ1) is 6.19. The number of nitrogens with zero attached hydrogens (tertiary/aromatic N) is 1. The summed E-state index contributed by atoms with van der Waals surface area (Å²) in [7, 11) is 0. The van der Waals surface area contributed by atoms with Crippen molar-refractivity contribution in [2.75, 3.05) is 0 Å². The molecule has 0 aliphatic rings. The Morgan fingerprint density at radius 1 is 1.54 bits per heavy atom. The van der Waals surface area contributed by atoms with Crippen LogP contribution in [0.5, 0.6) is 0 Å². The molecule has 0 radical (unpaired) electrons. The quantitative estimate of drug-likeness (QED) is 0.613. The van der Waals surface area contributed by atoms with E-state index in [1.807, 2.05) is 6.07 Å². The van der Waals surface area contributed by atoms with Gasteiger partial charge in [-0.25, -0.2) is 4.85 Å². The summed E-state index contributed by atoms with van der Waals surface area (Å²) in [5.74, 6) is 0.405. The van der Waals surface area contributed by atoms with Crippen LogP contribution >= 0.6 is 11.6 Å². The molecule has 1 atom stereocenters. The van der Waals surface area contributed by atoms with Gasteiger partial charge in [0.25, 0.3) is 0 Å². The molecule has 1 aromatic carbocycles. The predicted octanol–water partition coefficient (Wildman–Crippen LogP) is 4.40. The Labute approximate surface area is 84.2 Å². The fourth-order valence-electron chi connectivity index (χ4n) is 1.24. The third-order valence-electron chi connectivity index (χ3n) is 2.25. The van der Waals surface area contributed by atoms with E-state index in [0.717, 1.165) is 17.7 Å². The lowest BCUT2D eigenvalue weighted by Gasteiger charge is -2.11. The zero-order valence-corrected chi connectivity index (χ0v) is 8.60. The molecule has 0 aliphatic carbocycles. The van der Waals surface area contributed by atoms with Gasteiger partial charge in [0.05, 0.1) is 6.57 Å². The van der Waals surface area contributed by atoms with Crippen molar-refractivity contribution in [3.8, 4) is 0 Å². The average molecular weight is 194 g/mol. The molecule has 0 aliphatic heterocycles. The van der Waals surface area contributed by atoms with E-state index < -0.39 is 0 Å². The van der Waals surface area contributed by atoms with Crippen molar-refractivity contribution in [1.29, 1.82) is 0 Å². The van der Waals surface area contributed by atoms with Crippen molar-refractivity contribution >= 4 is 17.3 Å².